The average molecular weight is 371 g/mol. The number of nitrogen functional groups attached to an aromatic ring is 1. The fourth-order valence-electron chi connectivity index (χ4n) is 2.99. The van der Waals surface area contributed by atoms with Crippen LogP contribution in [0.5, 0.6) is 0 Å². The predicted molar refractivity (Wildman–Crippen MR) is 100 cm³/mol. The topological polar surface area (TPSA) is 103 Å². The smallest absolute Gasteiger partial charge is 0.410 e. The van der Waals surface area contributed by atoms with Crippen LogP contribution >= 0.6 is 0 Å². The molecule has 2 aromatic rings. The third-order valence-electron chi connectivity index (χ3n) is 4.32. The molecule has 1 amide bonds. The Morgan fingerprint density at radius 2 is 2.11 bits per heavy atom. The lowest BCUT2D eigenvalue weighted by atomic mass is 10.1. The number of aromatic nitrogens is 3. The van der Waals surface area contributed by atoms with E-state index in [4.69, 9.17) is 10.5 Å². The van der Waals surface area contributed by atoms with Crippen molar-refractivity contribution in [2.45, 2.75) is 52.2 Å². The fraction of sp³-hybridized carbons (Fsp3) is 0.474. The number of nitrogens with two attached hydrogens (primary N) is 1. The first kappa shape index (κ1) is 18.9. The Morgan fingerprint density at radius 1 is 1.33 bits per heavy atom. The quantitative estimate of drug-likeness (QED) is 0.889. The minimum Gasteiger partial charge on any atom is -0.444 e. The molecule has 0 unspecified atom stereocenters. The van der Waals surface area contributed by atoms with Crippen LogP contribution in [0.1, 0.15) is 48.8 Å². The van der Waals surface area contributed by atoms with Crippen molar-refractivity contribution in [3.63, 3.8) is 0 Å². The van der Waals surface area contributed by atoms with Crippen molar-refractivity contribution in [2.24, 2.45) is 0 Å². The maximum absolute atomic E-state index is 12.6. The van der Waals surface area contributed by atoms with Crippen LogP contribution in [0, 0.1) is 0 Å². The number of carbonyl (C=O) groups excluding carboxylic acids is 2. The summed E-state index contributed by atoms with van der Waals surface area (Å²) in [6, 6.07) is 3.77. The third-order valence-corrected chi connectivity index (χ3v) is 4.32. The van der Waals surface area contributed by atoms with Gasteiger partial charge in [-0.05, 0) is 45.2 Å². The van der Waals surface area contributed by atoms with Gasteiger partial charge in [-0.15, -0.1) is 0 Å². The van der Waals surface area contributed by atoms with Crippen LogP contribution < -0.4 is 5.73 Å². The Kier molecular flexibility index (Phi) is 5.16. The molecule has 2 aromatic heterocycles. The van der Waals surface area contributed by atoms with Crippen molar-refractivity contribution in [3.8, 4) is 0 Å². The van der Waals surface area contributed by atoms with Gasteiger partial charge in [0.25, 0.3) is 0 Å². The highest BCUT2D eigenvalue weighted by molar-refractivity contribution is 5.82. The summed E-state index contributed by atoms with van der Waals surface area (Å²) in [7, 11) is 0. The number of hydrogen-bond acceptors (Lipinski definition) is 6. The van der Waals surface area contributed by atoms with Crippen LogP contribution in [0.4, 0.5) is 10.6 Å². The van der Waals surface area contributed by atoms with Crippen molar-refractivity contribution in [2.75, 3.05) is 12.3 Å². The van der Waals surface area contributed by atoms with Gasteiger partial charge in [-0.1, -0.05) is 6.07 Å². The number of aryl methyl sites for hydroxylation is 1. The van der Waals surface area contributed by atoms with E-state index in [0.29, 0.717) is 30.9 Å². The van der Waals surface area contributed by atoms with E-state index in [2.05, 4.69) is 10.1 Å². The summed E-state index contributed by atoms with van der Waals surface area (Å²) < 4.78 is 6.68. The molecule has 27 heavy (non-hydrogen) atoms. The summed E-state index contributed by atoms with van der Waals surface area (Å²) in [6.07, 6.45) is 4.46. The molecular formula is C19H25N5O3. The van der Waals surface area contributed by atoms with E-state index in [-0.39, 0.29) is 25.0 Å². The van der Waals surface area contributed by atoms with E-state index < -0.39 is 5.60 Å². The molecule has 8 heteroatoms. The summed E-state index contributed by atoms with van der Waals surface area (Å²) in [5, 5.41) is 4.37. The first-order chi connectivity index (χ1) is 12.7. The summed E-state index contributed by atoms with van der Waals surface area (Å²) in [6.45, 7) is 6.26. The Labute approximate surface area is 158 Å². The Hall–Kier alpha value is -2.90. The Bertz CT molecular complexity index is 839. The van der Waals surface area contributed by atoms with Crippen LogP contribution in [0.2, 0.25) is 0 Å². The number of fused-ring (bicyclic) bond motifs is 1. The van der Waals surface area contributed by atoms with E-state index in [9.17, 15) is 9.59 Å². The van der Waals surface area contributed by atoms with E-state index in [1.807, 2.05) is 32.9 Å². The Balaban J connectivity index is 1.69. The number of nitrogens with zero attached hydrogens (tertiary/aromatic N) is 4. The molecule has 8 nitrogen and oxygen atoms in total. The number of pyridine rings is 1. The molecule has 1 aliphatic rings. The van der Waals surface area contributed by atoms with Gasteiger partial charge in [-0.3, -0.25) is 9.78 Å². The first-order valence-corrected chi connectivity index (χ1v) is 9.01. The number of amides is 1. The number of ether oxygens (including phenoxy) is 1. The van der Waals surface area contributed by atoms with Crippen LogP contribution in [0.3, 0.4) is 0 Å². The van der Waals surface area contributed by atoms with E-state index in [1.165, 1.54) is 4.68 Å². The predicted octanol–water partition coefficient (Wildman–Crippen LogP) is 2.43. The first-order valence-electron chi connectivity index (χ1n) is 9.01. The van der Waals surface area contributed by atoms with Gasteiger partial charge in [0.15, 0.2) is 0 Å². The van der Waals surface area contributed by atoms with Crippen LogP contribution in [0.15, 0.2) is 24.5 Å². The number of rotatable bonds is 3. The molecule has 0 saturated carbocycles. The van der Waals surface area contributed by atoms with Crippen molar-refractivity contribution in [3.05, 3.63) is 41.3 Å². The summed E-state index contributed by atoms with van der Waals surface area (Å²) in [4.78, 5) is 30.5. The second-order valence-corrected chi connectivity index (χ2v) is 7.63. The summed E-state index contributed by atoms with van der Waals surface area (Å²) >= 11 is 0. The molecule has 0 fully saturated rings. The van der Waals surface area contributed by atoms with Crippen molar-refractivity contribution in [1.29, 1.82) is 0 Å². The zero-order valence-electron chi connectivity index (χ0n) is 15.9. The molecule has 1 aliphatic heterocycles. The SMILES string of the molecule is CC(C)(C)OC(=O)N1CCc2c(nn(C(=O)CCc3cccnc3)c2N)C1. The highest BCUT2D eigenvalue weighted by Gasteiger charge is 2.30. The molecule has 0 aliphatic carbocycles. The Morgan fingerprint density at radius 3 is 2.78 bits per heavy atom. The third kappa shape index (κ3) is 4.45. The molecule has 0 atom stereocenters. The van der Waals surface area contributed by atoms with Crippen molar-refractivity contribution >= 4 is 17.8 Å². The van der Waals surface area contributed by atoms with E-state index >= 15 is 0 Å². The summed E-state index contributed by atoms with van der Waals surface area (Å²) in [5.41, 5.74) is 8.07. The average Bonchev–Trinajstić information content (AvgIpc) is 2.95. The summed E-state index contributed by atoms with van der Waals surface area (Å²) in [5.74, 6) is 0.194. The lowest BCUT2D eigenvalue weighted by Crippen LogP contribution is -2.39. The monoisotopic (exact) mass is 371 g/mol. The molecule has 0 aromatic carbocycles. The van der Waals surface area contributed by atoms with Crippen molar-refractivity contribution in [1.82, 2.24) is 19.7 Å². The van der Waals surface area contributed by atoms with Gasteiger partial charge in [-0.25, -0.2) is 4.79 Å². The second-order valence-electron chi connectivity index (χ2n) is 7.63. The normalized spacial score (nSPS) is 14.0. The molecule has 0 radical (unpaired) electrons. The standard InChI is InChI=1S/C19H25N5O3/c1-19(2,3)27-18(26)23-10-8-14-15(12-23)22-24(17(14)20)16(25)7-6-13-5-4-9-21-11-13/h4-5,9,11H,6-8,10,12,20H2,1-3H3. The van der Waals surface area contributed by atoms with Gasteiger partial charge in [0.2, 0.25) is 5.91 Å². The lowest BCUT2D eigenvalue weighted by molar-refractivity contribution is 0.0221. The highest BCUT2D eigenvalue weighted by Crippen LogP contribution is 2.25. The minimum atomic E-state index is -0.558. The van der Waals surface area contributed by atoms with E-state index in [1.54, 1.807) is 17.3 Å². The number of anilines is 1. The number of hydrogen-bond donors (Lipinski definition) is 1. The maximum atomic E-state index is 12.6. The largest absolute Gasteiger partial charge is 0.444 e. The van der Waals surface area contributed by atoms with Gasteiger partial charge in [0.05, 0.1) is 12.2 Å². The van der Waals surface area contributed by atoms with Crippen LogP contribution in [0.25, 0.3) is 0 Å². The molecule has 3 heterocycles. The zero-order chi connectivity index (χ0) is 19.6. The van der Waals surface area contributed by atoms with Crippen LogP contribution in [-0.2, 0) is 24.1 Å². The van der Waals surface area contributed by atoms with Crippen LogP contribution in [-0.4, -0.2) is 43.8 Å². The second kappa shape index (κ2) is 7.38. The van der Waals surface area contributed by atoms with Gasteiger partial charge in [-0.2, -0.15) is 9.78 Å². The van der Waals surface area contributed by atoms with Gasteiger partial charge in [0, 0.05) is 30.9 Å². The molecule has 0 bridgehead atoms. The fourth-order valence-corrected chi connectivity index (χ4v) is 2.99. The minimum absolute atomic E-state index is 0.172. The van der Waals surface area contributed by atoms with Gasteiger partial charge < -0.3 is 15.4 Å². The molecule has 144 valence electrons. The molecule has 0 spiro atoms. The van der Waals surface area contributed by atoms with Gasteiger partial charge in [0.1, 0.15) is 11.4 Å². The molecule has 0 saturated heterocycles. The molecule has 3 rings (SSSR count). The zero-order valence-corrected chi connectivity index (χ0v) is 15.9. The van der Waals surface area contributed by atoms with E-state index in [0.717, 1.165) is 11.1 Å². The lowest BCUT2D eigenvalue weighted by Gasteiger charge is -2.29. The number of carbonyl (C=O) groups is 2. The van der Waals surface area contributed by atoms with Crippen molar-refractivity contribution < 1.29 is 14.3 Å². The molecule has 2 N–H and O–H groups in total. The van der Waals surface area contributed by atoms with Gasteiger partial charge >= 0.3 is 6.09 Å². The maximum Gasteiger partial charge on any atom is 0.410 e. The highest BCUT2D eigenvalue weighted by atomic mass is 16.6. The molecular weight excluding hydrogens is 346 g/mol.